The number of nitro groups is 1. The van der Waals surface area contributed by atoms with E-state index in [0.717, 1.165) is 0 Å². The maximum atomic E-state index is 11.6. The smallest absolute Gasteiger partial charge is 0.353 e. The summed E-state index contributed by atoms with van der Waals surface area (Å²) in [5.74, 6) is 0.695. The van der Waals surface area contributed by atoms with Gasteiger partial charge in [-0.1, -0.05) is 0 Å². The van der Waals surface area contributed by atoms with Gasteiger partial charge in [0.1, 0.15) is 6.33 Å². The number of anilines is 2. The van der Waals surface area contributed by atoms with Crippen LogP contribution in [0.2, 0.25) is 0 Å². The molecule has 0 spiro atoms. The van der Waals surface area contributed by atoms with Gasteiger partial charge in [0.2, 0.25) is 11.6 Å². The van der Waals surface area contributed by atoms with E-state index in [1.165, 1.54) is 6.33 Å². The highest BCUT2D eigenvalue weighted by atomic mass is 16.6. The highest BCUT2D eigenvalue weighted by Gasteiger charge is 2.46. The van der Waals surface area contributed by atoms with Crippen LogP contribution >= 0.6 is 0 Å². The molecule has 0 atom stereocenters. The second kappa shape index (κ2) is 5.27. The quantitative estimate of drug-likeness (QED) is 0.581. The van der Waals surface area contributed by atoms with E-state index >= 15 is 0 Å². The molecule has 9 nitrogen and oxygen atoms in total. The standard InChI is InChI=1S/C14H21N5O4/c1-13(22-3)5-17(6-13)11-10(19(20)21)12(16-9-15-11)18-7-14(2,8-18)23-4/h9H,5-8H2,1-4H3. The number of ether oxygens (including phenoxy) is 2. The van der Waals surface area contributed by atoms with Gasteiger partial charge in [0.15, 0.2) is 0 Å². The molecule has 2 aliphatic heterocycles. The highest BCUT2D eigenvalue weighted by molar-refractivity contribution is 5.73. The van der Waals surface area contributed by atoms with Gasteiger partial charge in [-0.15, -0.1) is 0 Å². The summed E-state index contributed by atoms with van der Waals surface area (Å²) < 4.78 is 10.8. The largest absolute Gasteiger partial charge is 0.375 e. The Hall–Kier alpha value is -2.00. The fourth-order valence-electron chi connectivity index (χ4n) is 3.07. The summed E-state index contributed by atoms with van der Waals surface area (Å²) in [6.45, 7) is 6.20. The van der Waals surface area contributed by atoms with Gasteiger partial charge < -0.3 is 19.3 Å². The molecule has 1 aromatic heterocycles. The number of rotatable bonds is 5. The molecular weight excluding hydrogens is 302 g/mol. The summed E-state index contributed by atoms with van der Waals surface area (Å²) in [6.07, 6.45) is 1.38. The number of hydrogen-bond donors (Lipinski definition) is 0. The Morgan fingerprint density at radius 1 is 1.04 bits per heavy atom. The Morgan fingerprint density at radius 3 is 1.74 bits per heavy atom. The zero-order valence-electron chi connectivity index (χ0n) is 13.8. The van der Waals surface area contributed by atoms with Crippen molar-refractivity contribution in [2.45, 2.75) is 25.0 Å². The maximum absolute atomic E-state index is 11.6. The Labute approximate surface area is 134 Å². The fraction of sp³-hybridized carbons (Fsp3) is 0.714. The SMILES string of the molecule is COC1(C)CN(c2ncnc(N3CC(C)(OC)C3)c2[N+](=O)[O-])C1. The summed E-state index contributed by atoms with van der Waals surface area (Å²) >= 11 is 0. The van der Waals surface area contributed by atoms with Crippen LogP contribution in [0.5, 0.6) is 0 Å². The van der Waals surface area contributed by atoms with Crippen LogP contribution in [-0.4, -0.2) is 66.5 Å². The van der Waals surface area contributed by atoms with E-state index in [2.05, 4.69) is 9.97 Å². The summed E-state index contributed by atoms with van der Waals surface area (Å²) in [5.41, 5.74) is -0.627. The molecule has 3 rings (SSSR count). The number of methoxy groups -OCH3 is 2. The minimum atomic E-state index is -0.407. The van der Waals surface area contributed by atoms with Gasteiger partial charge in [-0.2, -0.15) is 0 Å². The van der Waals surface area contributed by atoms with Crippen molar-refractivity contribution in [3.63, 3.8) is 0 Å². The molecule has 2 saturated heterocycles. The normalized spacial score (nSPS) is 21.6. The number of nitrogens with zero attached hydrogens (tertiary/aromatic N) is 5. The van der Waals surface area contributed by atoms with E-state index < -0.39 is 4.92 Å². The predicted octanol–water partition coefficient (Wildman–Crippen LogP) is 0.835. The molecule has 2 fully saturated rings. The molecule has 126 valence electrons. The van der Waals surface area contributed by atoms with Gasteiger partial charge in [0.25, 0.3) is 0 Å². The molecule has 0 N–H and O–H groups in total. The third-order valence-electron chi connectivity index (χ3n) is 4.65. The first kappa shape index (κ1) is 15.9. The zero-order valence-corrected chi connectivity index (χ0v) is 13.8. The van der Waals surface area contributed by atoms with E-state index in [9.17, 15) is 10.1 Å². The molecule has 3 heterocycles. The first-order valence-electron chi connectivity index (χ1n) is 7.40. The third-order valence-corrected chi connectivity index (χ3v) is 4.65. The van der Waals surface area contributed by atoms with Gasteiger partial charge in [-0.3, -0.25) is 10.1 Å². The number of hydrogen-bond acceptors (Lipinski definition) is 8. The van der Waals surface area contributed by atoms with Gasteiger partial charge in [0, 0.05) is 14.2 Å². The third kappa shape index (κ3) is 2.59. The van der Waals surface area contributed by atoms with Crippen LogP contribution in [0.3, 0.4) is 0 Å². The van der Waals surface area contributed by atoms with E-state index in [1.807, 2.05) is 23.6 Å². The highest BCUT2D eigenvalue weighted by Crippen LogP contribution is 2.41. The molecule has 0 radical (unpaired) electrons. The Morgan fingerprint density at radius 2 is 1.43 bits per heavy atom. The minimum absolute atomic E-state index is 0.0520. The van der Waals surface area contributed by atoms with Crippen LogP contribution in [0.15, 0.2) is 6.33 Å². The van der Waals surface area contributed by atoms with Crippen molar-refractivity contribution in [1.82, 2.24) is 9.97 Å². The predicted molar refractivity (Wildman–Crippen MR) is 83.9 cm³/mol. The Kier molecular flexibility index (Phi) is 3.64. The topological polar surface area (TPSA) is 93.9 Å². The van der Waals surface area contributed by atoms with Crippen LogP contribution in [0.4, 0.5) is 17.3 Å². The van der Waals surface area contributed by atoms with Crippen LogP contribution in [0, 0.1) is 10.1 Å². The van der Waals surface area contributed by atoms with E-state index in [-0.39, 0.29) is 16.9 Å². The first-order valence-corrected chi connectivity index (χ1v) is 7.40. The fourth-order valence-corrected chi connectivity index (χ4v) is 3.07. The summed E-state index contributed by atoms with van der Waals surface area (Å²) in [6, 6.07) is 0. The second-order valence-corrected chi connectivity index (χ2v) is 6.65. The van der Waals surface area contributed by atoms with Crippen molar-refractivity contribution in [2.24, 2.45) is 0 Å². The van der Waals surface area contributed by atoms with Gasteiger partial charge in [-0.25, -0.2) is 9.97 Å². The van der Waals surface area contributed by atoms with Crippen molar-refractivity contribution in [1.29, 1.82) is 0 Å². The molecule has 0 aromatic carbocycles. The molecular formula is C14H21N5O4. The van der Waals surface area contributed by atoms with Crippen molar-refractivity contribution in [3.05, 3.63) is 16.4 Å². The zero-order chi connectivity index (χ0) is 16.8. The monoisotopic (exact) mass is 323 g/mol. The molecule has 0 bridgehead atoms. The van der Waals surface area contributed by atoms with E-state index in [1.54, 1.807) is 14.2 Å². The van der Waals surface area contributed by atoms with Crippen molar-refractivity contribution in [3.8, 4) is 0 Å². The van der Waals surface area contributed by atoms with Crippen molar-refractivity contribution in [2.75, 3.05) is 50.2 Å². The molecule has 0 saturated carbocycles. The molecule has 1 aromatic rings. The van der Waals surface area contributed by atoms with Crippen LogP contribution in [0.1, 0.15) is 13.8 Å². The molecule has 0 aliphatic carbocycles. The lowest BCUT2D eigenvalue weighted by molar-refractivity contribution is -0.384. The molecule has 2 aliphatic rings. The molecule has 0 amide bonds. The van der Waals surface area contributed by atoms with Crippen LogP contribution < -0.4 is 9.80 Å². The van der Waals surface area contributed by atoms with Gasteiger partial charge >= 0.3 is 5.69 Å². The minimum Gasteiger partial charge on any atom is -0.375 e. The Bertz CT molecular complexity index is 581. The summed E-state index contributed by atoms with van der Waals surface area (Å²) in [5, 5.41) is 11.6. The molecule has 23 heavy (non-hydrogen) atoms. The van der Waals surface area contributed by atoms with Crippen molar-refractivity contribution < 1.29 is 14.4 Å². The Balaban J connectivity index is 1.88. The van der Waals surface area contributed by atoms with Crippen LogP contribution in [0.25, 0.3) is 0 Å². The number of aromatic nitrogens is 2. The van der Waals surface area contributed by atoms with Gasteiger partial charge in [-0.05, 0) is 13.8 Å². The average molecular weight is 323 g/mol. The first-order chi connectivity index (χ1) is 10.8. The molecule has 9 heteroatoms. The van der Waals surface area contributed by atoms with E-state index in [4.69, 9.17) is 9.47 Å². The second-order valence-electron chi connectivity index (χ2n) is 6.65. The lowest BCUT2D eigenvalue weighted by atomic mass is 9.95. The molecule has 0 unspecified atom stereocenters. The summed E-state index contributed by atoms with van der Waals surface area (Å²) in [7, 11) is 3.28. The van der Waals surface area contributed by atoms with Crippen LogP contribution in [-0.2, 0) is 9.47 Å². The van der Waals surface area contributed by atoms with Gasteiger partial charge in [0.05, 0.1) is 42.3 Å². The van der Waals surface area contributed by atoms with E-state index in [0.29, 0.717) is 37.8 Å². The average Bonchev–Trinajstić information content (AvgIpc) is 2.47. The van der Waals surface area contributed by atoms with Crippen molar-refractivity contribution >= 4 is 17.3 Å². The lowest BCUT2D eigenvalue weighted by Gasteiger charge is -2.48. The summed E-state index contributed by atoms with van der Waals surface area (Å²) in [4.78, 5) is 23.2. The lowest BCUT2D eigenvalue weighted by Crippen LogP contribution is -2.62. The maximum Gasteiger partial charge on any atom is 0.353 e.